The molecule has 0 aromatic heterocycles. The second-order valence-corrected chi connectivity index (χ2v) is 8.33. The van der Waals surface area contributed by atoms with E-state index in [1.54, 1.807) is 19.9 Å². The van der Waals surface area contributed by atoms with Gasteiger partial charge in [-0.15, -0.1) is 0 Å². The van der Waals surface area contributed by atoms with E-state index in [2.05, 4.69) is 0 Å². The summed E-state index contributed by atoms with van der Waals surface area (Å²) >= 11 is 0. The van der Waals surface area contributed by atoms with Crippen LogP contribution >= 0.6 is 0 Å². The van der Waals surface area contributed by atoms with Crippen LogP contribution in [0.15, 0.2) is 46.3 Å². The maximum Gasteiger partial charge on any atom is 0.343 e. The third-order valence-electron chi connectivity index (χ3n) is 5.23. The van der Waals surface area contributed by atoms with Gasteiger partial charge in [0.05, 0.1) is 17.8 Å². The summed E-state index contributed by atoms with van der Waals surface area (Å²) in [7, 11) is 0. The van der Waals surface area contributed by atoms with E-state index in [4.69, 9.17) is 18.9 Å². The first-order valence-corrected chi connectivity index (χ1v) is 10.7. The van der Waals surface area contributed by atoms with Crippen LogP contribution in [0, 0.1) is 0 Å². The Morgan fingerprint density at radius 1 is 1.21 bits per heavy atom. The van der Waals surface area contributed by atoms with Crippen LogP contribution < -0.4 is 0 Å². The van der Waals surface area contributed by atoms with Gasteiger partial charge in [-0.2, -0.15) is 0 Å². The van der Waals surface area contributed by atoms with E-state index < -0.39 is 54.9 Å². The van der Waals surface area contributed by atoms with E-state index in [0.29, 0.717) is 11.1 Å². The van der Waals surface area contributed by atoms with E-state index in [0.717, 1.165) is 0 Å². The van der Waals surface area contributed by atoms with Crippen LogP contribution in [0.2, 0.25) is 0 Å². The number of aliphatic hydroxyl groups excluding tert-OH is 1. The highest BCUT2D eigenvalue weighted by atomic mass is 16.6. The number of carbonyl (C=O) groups is 4. The smallest absolute Gasteiger partial charge is 0.343 e. The van der Waals surface area contributed by atoms with Crippen LogP contribution in [0.4, 0.5) is 0 Å². The van der Waals surface area contributed by atoms with E-state index in [-0.39, 0.29) is 29.7 Å². The summed E-state index contributed by atoms with van der Waals surface area (Å²) in [6.07, 6.45) is 2.05. The Morgan fingerprint density at radius 3 is 2.44 bits per heavy atom. The van der Waals surface area contributed by atoms with Gasteiger partial charge in [-0.1, -0.05) is 6.08 Å². The highest BCUT2D eigenvalue weighted by Gasteiger charge is 2.40. The molecule has 0 amide bonds. The maximum atomic E-state index is 12.7. The number of allylic oxidation sites excluding steroid dienone is 1. The molecule has 0 bridgehead atoms. The van der Waals surface area contributed by atoms with Gasteiger partial charge < -0.3 is 29.2 Å². The van der Waals surface area contributed by atoms with Gasteiger partial charge in [0.2, 0.25) is 0 Å². The Morgan fingerprint density at radius 2 is 1.88 bits per heavy atom. The fourth-order valence-electron chi connectivity index (χ4n) is 3.57. The third kappa shape index (κ3) is 7.13. The van der Waals surface area contributed by atoms with E-state index in [1.165, 1.54) is 32.9 Å². The van der Waals surface area contributed by atoms with Crippen molar-refractivity contribution < 1.29 is 48.3 Å². The van der Waals surface area contributed by atoms with Crippen LogP contribution in [-0.4, -0.2) is 65.1 Å². The van der Waals surface area contributed by atoms with Crippen molar-refractivity contribution in [3.63, 3.8) is 0 Å². The van der Waals surface area contributed by atoms with Crippen molar-refractivity contribution in [1.82, 2.24) is 0 Å². The lowest BCUT2D eigenvalue weighted by Gasteiger charge is -2.28. The number of hydrogen-bond acceptors (Lipinski definition) is 10. The number of ether oxygens (including phenoxy) is 4. The van der Waals surface area contributed by atoms with Crippen molar-refractivity contribution >= 4 is 23.9 Å². The van der Waals surface area contributed by atoms with Gasteiger partial charge in [0.15, 0.2) is 0 Å². The maximum absolute atomic E-state index is 12.7. The highest BCUT2D eigenvalue weighted by Crippen LogP contribution is 2.37. The predicted molar refractivity (Wildman–Crippen MR) is 118 cm³/mol. The fourth-order valence-corrected chi connectivity index (χ4v) is 3.57. The first-order valence-electron chi connectivity index (χ1n) is 10.7. The predicted octanol–water partition coefficient (Wildman–Crippen LogP) is 1.56. The molecule has 1 heterocycles. The molecular weight excluding hydrogens is 448 g/mol. The molecule has 1 aliphatic heterocycles. The minimum Gasteiger partial charge on any atom is -0.461 e. The number of fused-ring (bicyclic) bond motifs is 1. The molecule has 34 heavy (non-hydrogen) atoms. The summed E-state index contributed by atoms with van der Waals surface area (Å²) in [5.41, 5.74) is -0.941. The number of aliphatic hydroxyl groups is 2. The molecule has 10 heteroatoms. The Balaban J connectivity index is 2.70. The molecule has 1 aliphatic carbocycles. The van der Waals surface area contributed by atoms with Gasteiger partial charge in [0.25, 0.3) is 0 Å². The number of carbonyl (C=O) groups excluding carboxylic acids is 4. The SMILES string of the molecule is CC=C(C)C(=O)OC1CC(CO)=CC(OC(C)=O)CC(C)(O)C=C2OC(=O)C(COC(C)=O)=C21. The van der Waals surface area contributed by atoms with E-state index >= 15 is 0 Å². The van der Waals surface area contributed by atoms with Gasteiger partial charge >= 0.3 is 23.9 Å². The number of esters is 4. The molecule has 3 unspecified atom stereocenters. The largest absolute Gasteiger partial charge is 0.461 e. The number of rotatable bonds is 6. The van der Waals surface area contributed by atoms with E-state index in [9.17, 15) is 29.4 Å². The summed E-state index contributed by atoms with van der Waals surface area (Å²) < 4.78 is 21.3. The second kappa shape index (κ2) is 11.3. The van der Waals surface area contributed by atoms with E-state index in [1.807, 2.05) is 0 Å². The zero-order chi connectivity index (χ0) is 25.6. The Labute approximate surface area is 197 Å². The molecule has 0 fully saturated rings. The van der Waals surface area contributed by atoms with Crippen molar-refractivity contribution in [1.29, 1.82) is 0 Å². The van der Waals surface area contributed by atoms with Gasteiger partial charge in [-0.05, 0) is 38.5 Å². The molecule has 2 aliphatic rings. The Bertz CT molecular complexity index is 980. The fraction of sp³-hybridized carbons (Fsp3) is 0.500. The highest BCUT2D eigenvalue weighted by molar-refractivity contribution is 5.96. The van der Waals surface area contributed by atoms with Crippen LogP contribution in [-0.2, 0) is 38.1 Å². The first-order chi connectivity index (χ1) is 15.9. The van der Waals surface area contributed by atoms with Gasteiger partial charge in [0, 0.05) is 37.8 Å². The average molecular weight is 478 g/mol. The lowest BCUT2D eigenvalue weighted by Crippen LogP contribution is -2.32. The van der Waals surface area contributed by atoms with Crippen molar-refractivity contribution in [2.75, 3.05) is 13.2 Å². The van der Waals surface area contributed by atoms with Gasteiger partial charge in [-0.25, -0.2) is 9.59 Å². The van der Waals surface area contributed by atoms with Crippen molar-refractivity contribution in [2.24, 2.45) is 0 Å². The van der Waals surface area contributed by atoms with Crippen LogP contribution in [0.25, 0.3) is 0 Å². The minimum absolute atomic E-state index is 0.0532. The van der Waals surface area contributed by atoms with Gasteiger partial charge in [0.1, 0.15) is 24.6 Å². The molecule has 0 aromatic carbocycles. The molecule has 186 valence electrons. The molecule has 0 radical (unpaired) electrons. The normalized spacial score (nSPS) is 25.5. The monoisotopic (exact) mass is 478 g/mol. The summed E-state index contributed by atoms with van der Waals surface area (Å²) in [6, 6.07) is 0. The zero-order valence-electron chi connectivity index (χ0n) is 19.9. The molecule has 3 atom stereocenters. The van der Waals surface area contributed by atoms with Crippen LogP contribution in [0.1, 0.15) is 47.5 Å². The lowest BCUT2D eigenvalue weighted by molar-refractivity contribution is -0.146. The van der Waals surface area contributed by atoms with Crippen LogP contribution in [0.5, 0.6) is 0 Å². The lowest BCUT2D eigenvalue weighted by atomic mass is 9.89. The minimum atomic E-state index is -1.64. The summed E-state index contributed by atoms with van der Waals surface area (Å²) in [6.45, 7) is 6.10. The average Bonchev–Trinajstić information content (AvgIpc) is 3.02. The molecule has 2 rings (SSSR count). The molecule has 0 saturated heterocycles. The van der Waals surface area contributed by atoms with Crippen molar-refractivity contribution in [3.05, 3.63) is 46.3 Å². The molecule has 0 spiro atoms. The quantitative estimate of drug-likeness (QED) is 0.250. The molecule has 2 N–H and O–H groups in total. The molecule has 10 nitrogen and oxygen atoms in total. The van der Waals surface area contributed by atoms with Gasteiger partial charge in [-0.3, -0.25) is 9.59 Å². The topological polar surface area (TPSA) is 146 Å². The first kappa shape index (κ1) is 27.0. The van der Waals surface area contributed by atoms with Crippen molar-refractivity contribution in [2.45, 2.75) is 65.3 Å². The molecule has 0 aromatic rings. The van der Waals surface area contributed by atoms with Crippen molar-refractivity contribution in [3.8, 4) is 0 Å². The third-order valence-corrected chi connectivity index (χ3v) is 5.23. The summed E-state index contributed by atoms with van der Waals surface area (Å²) in [4.78, 5) is 48.2. The second-order valence-electron chi connectivity index (χ2n) is 8.33. The molecular formula is C24H30O10. The standard InChI is InChI=1S/C24H30O10/c1-6-13(2)22(28)33-19-8-16(11-25)7-17(32-15(4)27)9-24(5,30)10-20-21(19)18(23(29)34-20)12-31-14(3)26/h6-7,10,17,19,25,30H,8-9,11-12H2,1-5H3. The Kier molecular flexibility index (Phi) is 8.94. The molecule has 0 saturated carbocycles. The number of hydrogen-bond donors (Lipinski definition) is 2. The summed E-state index contributed by atoms with van der Waals surface area (Å²) in [5, 5.41) is 21.0. The Hall–Kier alpha value is -3.24. The van der Waals surface area contributed by atoms with Crippen LogP contribution in [0.3, 0.4) is 0 Å². The zero-order valence-corrected chi connectivity index (χ0v) is 19.9. The summed E-state index contributed by atoms with van der Waals surface area (Å²) in [5.74, 6) is -2.81.